The maximum absolute atomic E-state index is 11.6. The number of aromatic nitrogens is 2. The Morgan fingerprint density at radius 3 is 2.93 bits per heavy atom. The number of benzene rings is 1. The summed E-state index contributed by atoms with van der Waals surface area (Å²) in [5.41, 5.74) is 7.12. The van der Waals surface area contributed by atoms with Crippen molar-refractivity contribution >= 4 is 5.91 Å². The van der Waals surface area contributed by atoms with Gasteiger partial charge in [0.15, 0.2) is 5.82 Å². The third kappa shape index (κ3) is 5.26. The molecular formula is C20H22N4O3. The molecule has 2 aromatic rings. The normalized spacial score (nSPS) is 13.4. The number of amides is 1. The van der Waals surface area contributed by atoms with Crippen LogP contribution in [0.2, 0.25) is 0 Å². The van der Waals surface area contributed by atoms with Crippen molar-refractivity contribution in [1.82, 2.24) is 15.3 Å². The number of carbonyl (C=O) groups is 1. The van der Waals surface area contributed by atoms with Crippen molar-refractivity contribution in [2.45, 2.75) is 18.9 Å². The molecule has 140 valence electrons. The Morgan fingerprint density at radius 2 is 2.22 bits per heavy atom. The van der Waals surface area contributed by atoms with E-state index in [0.717, 1.165) is 30.5 Å². The number of primary amides is 1. The second kappa shape index (κ2) is 9.12. The highest BCUT2D eigenvalue weighted by Crippen LogP contribution is 2.22. The van der Waals surface area contributed by atoms with Crippen molar-refractivity contribution in [2.75, 3.05) is 26.8 Å². The highest BCUT2D eigenvalue weighted by Gasteiger charge is 2.22. The minimum atomic E-state index is -0.631. The molecule has 1 aliphatic heterocycles. The van der Waals surface area contributed by atoms with Crippen LogP contribution in [-0.2, 0) is 4.74 Å². The van der Waals surface area contributed by atoms with E-state index in [0.29, 0.717) is 24.9 Å². The Labute approximate surface area is 158 Å². The van der Waals surface area contributed by atoms with Crippen LogP contribution in [0.4, 0.5) is 0 Å². The number of nitrogens with one attached hydrogen (secondary N) is 1. The highest BCUT2D eigenvalue weighted by molar-refractivity contribution is 5.91. The van der Waals surface area contributed by atoms with Gasteiger partial charge in [-0.25, -0.2) is 4.98 Å². The SMILES string of the molecule is CNCCCC#Cc1cccc(-c2nc(OC3COC3)cc(C(N)=O)n2)c1. The van der Waals surface area contributed by atoms with Crippen molar-refractivity contribution in [3.05, 3.63) is 41.6 Å². The number of nitrogens with two attached hydrogens (primary N) is 1. The van der Waals surface area contributed by atoms with Gasteiger partial charge in [-0.15, -0.1) is 0 Å². The molecule has 0 aliphatic carbocycles. The van der Waals surface area contributed by atoms with Gasteiger partial charge in [0.1, 0.15) is 11.8 Å². The second-order valence-electron chi connectivity index (χ2n) is 6.15. The van der Waals surface area contributed by atoms with Crippen LogP contribution in [0.3, 0.4) is 0 Å². The van der Waals surface area contributed by atoms with Crippen molar-refractivity contribution in [3.63, 3.8) is 0 Å². The van der Waals surface area contributed by atoms with Gasteiger partial charge < -0.3 is 20.5 Å². The highest BCUT2D eigenvalue weighted by atomic mass is 16.6. The summed E-state index contributed by atoms with van der Waals surface area (Å²) in [6.45, 7) is 1.95. The van der Waals surface area contributed by atoms with Crippen LogP contribution in [0.5, 0.6) is 5.88 Å². The summed E-state index contributed by atoms with van der Waals surface area (Å²) in [7, 11) is 1.92. The minimum absolute atomic E-state index is 0.0664. The minimum Gasteiger partial charge on any atom is -0.469 e. The summed E-state index contributed by atoms with van der Waals surface area (Å²) in [6, 6.07) is 9.02. The number of rotatable bonds is 7. The maximum Gasteiger partial charge on any atom is 0.267 e. The van der Waals surface area contributed by atoms with Gasteiger partial charge in [0.2, 0.25) is 5.88 Å². The van der Waals surface area contributed by atoms with Gasteiger partial charge in [0, 0.05) is 23.6 Å². The molecule has 27 heavy (non-hydrogen) atoms. The van der Waals surface area contributed by atoms with E-state index >= 15 is 0 Å². The molecule has 0 unspecified atom stereocenters. The molecule has 1 aromatic heterocycles. The van der Waals surface area contributed by atoms with Gasteiger partial charge in [-0.2, -0.15) is 4.98 Å². The summed E-state index contributed by atoms with van der Waals surface area (Å²) in [5.74, 6) is 6.35. The van der Waals surface area contributed by atoms with E-state index in [4.69, 9.17) is 15.2 Å². The Morgan fingerprint density at radius 1 is 1.37 bits per heavy atom. The fourth-order valence-corrected chi connectivity index (χ4v) is 2.45. The summed E-state index contributed by atoms with van der Waals surface area (Å²) in [4.78, 5) is 20.3. The fourth-order valence-electron chi connectivity index (χ4n) is 2.45. The largest absolute Gasteiger partial charge is 0.469 e. The van der Waals surface area contributed by atoms with E-state index in [-0.39, 0.29) is 11.8 Å². The molecule has 1 aliphatic rings. The third-order valence-electron chi connectivity index (χ3n) is 3.93. The van der Waals surface area contributed by atoms with E-state index in [1.54, 1.807) is 0 Å². The molecule has 0 atom stereocenters. The summed E-state index contributed by atoms with van der Waals surface area (Å²) >= 11 is 0. The zero-order valence-electron chi connectivity index (χ0n) is 15.2. The van der Waals surface area contributed by atoms with E-state index < -0.39 is 5.91 Å². The molecule has 3 rings (SSSR count). The lowest BCUT2D eigenvalue weighted by Crippen LogP contribution is -2.38. The molecule has 3 N–H and O–H groups in total. The number of unbranched alkanes of at least 4 members (excludes halogenated alkanes) is 1. The quantitative estimate of drug-likeness (QED) is 0.567. The van der Waals surface area contributed by atoms with Gasteiger partial charge in [0.05, 0.1) is 13.2 Å². The molecule has 7 nitrogen and oxygen atoms in total. The van der Waals surface area contributed by atoms with Crippen LogP contribution in [0, 0.1) is 11.8 Å². The number of carbonyl (C=O) groups excluding carboxylic acids is 1. The molecule has 1 amide bonds. The maximum atomic E-state index is 11.6. The Bertz CT molecular complexity index is 869. The van der Waals surface area contributed by atoms with Crippen molar-refractivity contribution in [1.29, 1.82) is 0 Å². The van der Waals surface area contributed by atoms with Crippen molar-refractivity contribution in [2.24, 2.45) is 5.73 Å². The van der Waals surface area contributed by atoms with Crippen LogP contribution < -0.4 is 15.8 Å². The lowest BCUT2D eigenvalue weighted by molar-refractivity contribution is -0.0813. The summed E-state index contributed by atoms with van der Waals surface area (Å²) < 4.78 is 10.8. The molecule has 1 aromatic carbocycles. The number of hydrogen-bond acceptors (Lipinski definition) is 6. The van der Waals surface area contributed by atoms with Gasteiger partial charge in [-0.05, 0) is 32.1 Å². The smallest absolute Gasteiger partial charge is 0.267 e. The average Bonchev–Trinajstić information content (AvgIpc) is 2.64. The van der Waals surface area contributed by atoms with Crippen LogP contribution in [0.25, 0.3) is 11.4 Å². The first kappa shape index (κ1) is 18.8. The van der Waals surface area contributed by atoms with Gasteiger partial charge in [-0.1, -0.05) is 24.0 Å². The second-order valence-corrected chi connectivity index (χ2v) is 6.15. The van der Waals surface area contributed by atoms with Crippen LogP contribution in [0.1, 0.15) is 28.9 Å². The number of hydrogen-bond donors (Lipinski definition) is 2. The topological polar surface area (TPSA) is 99.4 Å². The Hall–Kier alpha value is -2.95. The zero-order valence-corrected chi connectivity index (χ0v) is 15.2. The molecule has 1 saturated heterocycles. The van der Waals surface area contributed by atoms with Crippen LogP contribution in [-0.4, -0.2) is 48.8 Å². The number of nitrogens with zero attached hydrogens (tertiary/aromatic N) is 2. The summed E-state index contributed by atoms with van der Waals surface area (Å²) in [5, 5.41) is 3.10. The first-order chi connectivity index (χ1) is 13.2. The van der Waals surface area contributed by atoms with Crippen molar-refractivity contribution < 1.29 is 14.3 Å². The molecule has 1 fully saturated rings. The van der Waals surface area contributed by atoms with Crippen molar-refractivity contribution in [3.8, 4) is 29.1 Å². The predicted octanol–water partition coefficient (Wildman–Crippen LogP) is 1.37. The van der Waals surface area contributed by atoms with Gasteiger partial charge in [0.25, 0.3) is 5.91 Å². The molecule has 2 heterocycles. The van der Waals surface area contributed by atoms with Crippen LogP contribution >= 0.6 is 0 Å². The van der Waals surface area contributed by atoms with Gasteiger partial charge in [-0.3, -0.25) is 4.79 Å². The Kier molecular flexibility index (Phi) is 6.36. The lowest BCUT2D eigenvalue weighted by Gasteiger charge is -2.26. The molecular weight excluding hydrogens is 344 g/mol. The first-order valence-electron chi connectivity index (χ1n) is 8.83. The first-order valence-corrected chi connectivity index (χ1v) is 8.83. The fraction of sp³-hybridized carbons (Fsp3) is 0.350. The standard InChI is InChI=1S/C20H22N4O3/c1-22-9-4-2-3-6-14-7-5-8-15(10-14)20-23-17(19(21)25)11-18(24-20)27-16-12-26-13-16/h5,7-8,10-11,16,22H,2,4,9,12-13H2,1H3,(H2,21,25). The van der Waals surface area contributed by atoms with Gasteiger partial charge >= 0.3 is 0 Å². The van der Waals surface area contributed by atoms with E-state index in [1.165, 1.54) is 6.07 Å². The molecule has 0 bridgehead atoms. The molecule has 7 heteroatoms. The molecule has 0 spiro atoms. The van der Waals surface area contributed by atoms with Crippen LogP contribution in [0.15, 0.2) is 30.3 Å². The summed E-state index contributed by atoms with van der Waals surface area (Å²) in [6.07, 6.45) is 1.75. The number of ether oxygens (including phenoxy) is 2. The third-order valence-corrected chi connectivity index (χ3v) is 3.93. The van der Waals surface area contributed by atoms with E-state index in [2.05, 4.69) is 27.1 Å². The molecule has 0 saturated carbocycles. The molecule has 0 radical (unpaired) electrons. The van der Waals surface area contributed by atoms with E-state index in [9.17, 15) is 4.79 Å². The monoisotopic (exact) mass is 366 g/mol. The van der Waals surface area contributed by atoms with E-state index in [1.807, 2.05) is 31.3 Å². The zero-order chi connectivity index (χ0) is 19.1. The lowest BCUT2D eigenvalue weighted by atomic mass is 10.1. The predicted molar refractivity (Wildman–Crippen MR) is 101 cm³/mol. The average molecular weight is 366 g/mol. The Balaban J connectivity index is 1.83.